The first-order chi connectivity index (χ1) is 12.7. The maximum atomic E-state index is 6.39. The summed E-state index contributed by atoms with van der Waals surface area (Å²) in [5, 5.41) is 0. The third-order valence-corrected chi connectivity index (χ3v) is 8.33. The van der Waals surface area contributed by atoms with Crippen molar-refractivity contribution in [2.45, 2.75) is 38.9 Å². The van der Waals surface area contributed by atoms with Gasteiger partial charge in [-0.1, -0.05) is 0 Å². The van der Waals surface area contributed by atoms with E-state index in [1.807, 2.05) is 88.4 Å². The zero-order valence-electron chi connectivity index (χ0n) is 16.3. The minimum atomic E-state index is -4.33. The van der Waals surface area contributed by atoms with Crippen molar-refractivity contribution < 1.29 is 22.6 Å². The van der Waals surface area contributed by atoms with E-state index in [0.29, 0.717) is 11.5 Å². The van der Waals surface area contributed by atoms with Crippen molar-refractivity contribution in [3.63, 3.8) is 0 Å². The average molecular weight is 388 g/mol. The summed E-state index contributed by atoms with van der Waals surface area (Å²) >= 11 is 0. The van der Waals surface area contributed by atoms with E-state index in [2.05, 4.69) is 0 Å². The summed E-state index contributed by atoms with van der Waals surface area (Å²) in [6.07, 6.45) is 0. The molecule has 144 valence electrons. The van der Waals surface area contributed by atoms with E-state index in [1.165, 1.54) is 7.11 Å². The van der Waals surface area contributed by atoms with Crippen LogP contribution in [0.2, 0.25) is 0 Å². The van der Waals surface area contributed by atoms with Gasteiger partial charge in [-0.3, -0.25) is 0 Å². The minimum absolute atomic E-state index is 0.551. The van der Waals surface area contributed by atoms with Crippen molar-refractivity contribution in [1.29, 1.82) is 0 Å². The number of benzene rings is 2. The third kappa shape index (κ3) is 2.77. The molecule has 0 aromatic heterocycles. The van der Waals surface area contributed by atoms with Gasteiger partial charge in [0.05, 0.1) is 0 Å². The summed E-state index contributed by atoms with van der Waals surface area (Å²) in [5.41, 5.74) is 0.387. The van der Waals surface area contributed by atoms with Crippen LogP contribution in [0.5, 0.6) is 0 Å². The summed E-state index contributed by atoms with van der Waals surface area (Å²) in [7, 11) is -2.82. The van der Waals surface area contributed by atoms with E-state index < -0.39 is 18.9 Å². The van der Waals surface area contributed by atoms with Crippen molar-refractivity contribution in [3.05, 3.63) is 71.8 Å². The van der Waals surface area contributed by atoms with Gasteiger partial charge in [0.15, 0.2) is 0 Å². The Labute approximate surface area is 160 Å². The van der Waals surface area contributed by atoms with Crippen LogP contribution in [0.4, 0.5) is 0 Å². The molecule has 1 saturated heterocycles. The van der Waals surface area contributed by atoms with Crippen molar-refractivity contribution in [1.82, 2.24) is 0 Å². The van der Waals surface area contributed by atoms with Crippen LogP contribution >= 0.6 is 7.74 Å². The molecule has 1 spiro atoms. The molecule has 0 atom stereocenters. The number of hydrogen-bond donors (Lipinski definition) is 0. The van der Waals surface area contributed by atoms with Gasteiger partial charge in [0, 0.05) is 0 Å². The number of rotatable bonds is 3. The van der Waals surface area contributed by atoms with Crippen molar-refractivity contribution in [2.75, 3.05) is 7.11 Å². The molecule has 6 heteroatoms. The Morgan fingerprint density at radius 3 is 1.37 bits per heavy atom. The normalized spacial score (nSPS) is 25.4. The molecule has 2 aliphatic heterocycles. The van der Waals surface area contributed by atoms with Gasteiger partial charge in [0.25, 0.3) is 0 Å². The average Bonchev–Trinajstić information content (AvgIpc) is 3.06. The molecular weight excluding hydrogens is 363 g/mol. The molecule has 0 aliphatic carbocycles. The third-order valence-electron chi connectivity index (χ3n) is 5.26. The molecule has 0 unspecified atom stereocenters. The fourth-order valence-corrected chi connectivity index (χ4v) is 6.58. The van der Waals surface area contributed by atoms with Crippen molar-refractivity contribution in [3.8, 4) is 0 Å². The molecular formula is C21H25O5P. The fraction of sp³-hybridized carbons (Fsp3) is 0.333. The van der Waals surface area contributed by atoms with Crippen LogP contribution in [0.15, 0.2) is 60.7 Å². The molecule has 0 saturated carbocycles. The standard InChI is InChI=1S/C21H25O5P/c1-20(2)21(3,4)26-27(22-5,25-20)23-18(16-12-8-6-9-13-16)19(24-27)17-14-10-7-11-15-17/h6-15H,1-5H3. The molecule has 0 radical (unpaired) electrons. The second kappa shape index (κ2) is 5.79. The summed E-state index contributed by atoms with van der Waals surface area (Å²) < 4.78 is 31.3. The Hall–Kier alpha value is -1.91. The monoisotopic (exact) mass is 388 g/mol. The summed E-state index contributed by atoms with van der Waals surface area (Å²) in [4.78, 5) is 0. The Kier molecular flexibility index (Phi) is 3.96. The molecule has 27 heavy (non-hydrogen) atoms. The van der Waals surface area contributed by atoms with Crippen LogP contribution < -0.4 is 0 Å². The first kappa shape index (κ1) is 18.5. The van der Waals surface area contributed by atoms with Gasteiger partial charge in [0.2, 0.25) is 0 Å². The second-order valence-corrected chi connectivity index (χ2v) is 10.3. The molecule has 0 N–H and O–H groups in total. The zero-order valence-corrected chi connectivity index (χ0v) is 17.2. The van der Waals surface area contributed by atoms with Gasteiger partial charge in [-0.15, -0.1) is 0 Å². The van der Waals surface area contributed by atoms with E-state index in [0.717, 1.165) is 11.1 Å². The van der Waals surface area contributed by atoms with Crippen molar-refractivity contribution >= 4 is 19.3 Å². The SMILES string of the molecule is COP12(OC(c3ccccc3)=C(c3ccccc3)O1)OC(C)(C)C(C)(C)O2. The fourth-order valence-electron chi connectivity index (χ4n) is 3.15. The van der Waals surface area contributed by atoms with Crippen LogP contribution in [0.3, 0.4) is 0 Å². The Morgan fingerprint density at radius 1 is 0.667 bits per heavy atom. The molecule has 2 aromatic carbocycles. The molecule has 2 aromatic rings. The first-order valence-electron chi connectivity index (χ1n) is 8.96. The predicted molar refractivity (Wildman–Crippen MR) is 106 cm³/mol. The summed E-state index contributed by atoms with van der Waals surface area (Å²) in [6.45, 7) is 7.79. The molecule has 1 fully saturated rings. The van der Waals surface area contributed by atoms with E-state index >= 15 is 0 Å². The molecule has 5 nitrogen and oxygen atoms in total. The van der Waals surface area contributed by atoms with Crippen LogP contribution in [0.1, 0.15) is 38.8 Å². The van der Waals surface area contributed by atoms with Crippen molar-refractivity contribution in [2.24, 2.45) is 0 Å². The topological polar surface area (TPSA) is 46.2 Å². The number of hydrogen-bond acceptors (Lipinski definition) is 5. The van der Waals surface area contributed by atoms with E-state index in [-0.39, 0.29) is 0 Å². The Morgan fingerprint density at radius 2 is 1.04 bits per heavy atom. The van der Waals surface area contributed by atoms with E-state index in [9.17, 15) is 0 Å². The van der Waals surface area contributed by atoms with Gasteiger partial charge >= 0.3 is 160 Å². The first-order valence-corrected chi connectivity index (χ1v) is 10.8. The Bertz CT molecular complexity index is 818. The summed E-state index contributed by atoms with van der Waals surface area (Å²) in [6, 6.07) is 19.5. The van der Waals surface area contributed by atoms with Crippen LogP contribution in [0, 0.1) is 0 Å². The Balaban J connectivity index is 1.88. The molecule has 0 amide bonds. The second-order valence-electron chi connectivity index (χ2n) is 7.70. The van der Waals surface area contributed by atoms with Crippen LogP contribution in [0.25, 0.3) is 11.5 Å². The zero-order chi connectivity index (χ0) is 19.4. The maximum absolute atomic E-state index is 6.39. The van der Waals surface area contributed by atoms with Gasteiger partial charge in [-0.05, 0) is 0 Å². The predicted octanol–water partition coefficient (Wildman–Crippen LogP) is 5.94. The van der Waals surface area contributed by atoms with Gasteiger partial charge in [-0.25, -0.2) is 0 Å². The van der Waals surface area contributed by atoms with Crippen LogP contribution in [-0.2, 0) is 22.6 Å². The summed E-state index contributed by atoms with van der Waals surface area (Å²) in [5.74, 6) is 1.10. The van der Waals surface area contributed by atoms with Gasteiger partial charge < -0.3 is 0 Å². The van der Waals surface area contributed by atoms with Gasteiger partial charge in [0.1, 0.15) is 0 Å². The molecule has 4 rings (SSSR count). The quantitative estimate of drug-likeness (QED) is 0.609. The van der Waals surface area contributed by atoms with E-state index in [4.69, 9.17) is 22.6 Å². The van der Waals surface area contributed by atoms with Gasteiger partial charge in [-0.2, -0.15) is 0 Å². The molecule has 2 heterocycles. The van der Waals surface area contributed by atoms with Crippen LogP contribution in [-0.4, -0.2) is 18.3 Å². The molecule has 0 bridgehead atoms. The molecule has 2 aliphatic rings. The van der Waals surface area contributed by atoms with E-state index in [1.54, 1.807) is 0 Å².